The molecule has 2 rings (SSSR count). The Bertz CT molecular complexity index is 312. The van der Waals surface area contributed by atoms with Gasteiger partial charge in [-0.05, 0) is 44.1 Å². The fraction of sp³-hybridized carbons (Fsp3) is 0.944. The van der Waals surface area contributed by atoms with Crippen molar-refractivity contribution < 1.29 is 4.79 Å². The molecular weight excluding hydrogens is 260 g/mol. The Morgan fingerprint density at radius 3 is 2.57 bits per heavy atom. The van der Waals surface area contributed by atoms with E-state index >= 15 is 0 Å². The number of likely N-dealkylation sites (tertiary alicyclic amines) is 1. The van der Waals surface area contributed by atoms with E-state index in [9.17, 15) is 4.79 Å². The largest absolute Gasteiger partial charge is 0.341 e. The summed E-state index contributed by atoms with van der Waals surface area (Å²) in [5, 5.41) is 3.67. The van der Waals surface area contributed by atoms with Crippen LogP contribution in [0.1, 0.15) is 71.6 Å². The number of likely N-dealkylation sites (N-methyl/N-ethyl adjacent to an activating group) is 1. The Morgan fingerprint density at radius 2 is 1.90 bits per heavy atom. The molecule has 3 nitrogen and oxygen atoms in total. The number of nitrogens with one attached hydrogen (secondary N) is 1. The summed E-state index contributed by atoms with van der Waals surface area (Å²) in [4.78, 5) is 14.6. The zero-order chi connectivity index (χ0) is 15.1. The Morgan fingerprint density at radius 1 is 1.14 bits per heavy atom. The molecule has 0 radical (unpaired) electrons. The average molecular weight is 294 g/mol. The second kappa shape index (κ2) is 8.77. The number of hydrogen-bond acceptors (Lipinski definition) is 2. The second-order valence-corrected chi connectivity index (χ2v) is 7.00. The molecule has 1 aliphatic carbocycles. The summed E-state index contributed by atoms with van der Waals surface area (Å²) in [6.07, 6.45) is 11.1. The zero-order valence-electron chi connectivity index (χ0n) is 14.1. The fourth-order valence-electron chi connectivity index (χ4n) is 4.11. The molecule has 0 spiro atoms. The molecule has 0 bridgehead atoms. The first-order valence-corrected chi connectivity index (χ1v) is 9.25. The van der Waals surface area contributed by atoms with Gasteiger partial charge in [-0.3, -0.25) is 4.79 Å². The van der Waals surface area contributed by atoms with E-state index in [2.05, 4.69) is 24.1 Å². The van der Waals surface area contributed by atoms with E-state index in [1.165, 1.54) is 44.9 Å². The quantitative estimate of drug-likeness (QED) is 0.812. The van der Waals surface area contributed by atoms with Crippen molar-refractivity contribution in [1.82, 2.24) is 10.2 Å². The van der Waals surface area contributed by atoms with E-state index in [0.29, 0.717) is 11.9 Å². The van der Waals surface area contributed by atoms with Crippen LogP contribution in [0.15, 0.2) is 0 Å². The number of rotatable bonds is 6. The third kappa shape index (κ3) is 4.98. The van der Waals surface area contributed by atoms with Crippen LogP contribution in [-0.4, -0.2) is 36.5 Å². The molecule has 1 amide bonds. The lowest BCUT2D eigenvalue weighted by atomic mass is 9.83. The van der Waals surface area contributed by atoms with Gasteiger partial charge in [0.05, 0.1) is 0 Å². The Balaban J connectivity index is 1.92. The SMILES string of the molecule is CCNC(CN1CCC(CC)CCC1=O)C1CCCCC1. The Labute approximate surface area is 130 Å². The third-order valence-corrected chi connectivity index (χ3v) is 5.61. The Hall–Kier alpha value is -0.570. The molecule has 3 heteroatoms. The molecule has 0 aromatic rings. The molecule has 1 saturated heterocycles. The molecular formula is C18H34N2O. The standard InChI is InChI=1S/C18H34N2O/c1-3-15-10-11-18(21)20(13-12-15)14-17(19-4-2)16-8-6-5-7-9-16/h15-17,19H,3-14H2,1-2H3. The van der Waals surface area contributed by atoms with E-state index in [-0.39, 0.29) is 0 Å². The highest BCUT2D eigenvalue weighted by molar-refractivity contribution is 5.76. The lowest BCUT2D eigenvalue weighted by Crippen LogP contribution is -2.48. The molecule has 2 fully saturated rings. The van der Waals surface area contributed by atoms with Gasteiger partial charge >= 0.3 is 0 Å². The summed E-state index contributed by atoms with van der Waals surface area (Å²) < 4.78 is 0. The van der Waals surface area contributed by atoms with Gasteiger partial charge in [-0.1, -0.05) is 39.5 Å². The van der Waals surface area contributed by atoms with Crippen molar-refractivity contribution in [1.29, 1.82) is 0 Å². The van der Waals surface area contributed by atoms with E-state index in [1.54, 1.807) is 0 Å². The van der Waals surface area contributed by atoms with Crippen LogP contribution in [0, 0.1) is 11.8 Å². The van der Waals surface area contributed by atoms with Crippen LogP contribution in [0.25, 0.3) is 0 Å². The van der Waals surface area contributed by atoms with Crippen LogP contribution < -0.4 is 5.32 Å². The van der Waals surface area contributed by atoms with Gasteiger partial charge in [0, 0.05) is 25.6 Å². The molecule has 2 atom stereocenters. The van der Waals surface area contributed by atoms with Crippen molar-refractivity contribution in [3.05, 3.63) is 0 Å². The highest BCUT2D eigenvalue weighted by Crippen LogP contribution is 2.28. The first-order valence-electron chi connectivity index (χ1n) is 9.25. The Kier molecular flexibility index (Phi) is 7.01. The number of carbonyl (C=O) groups is 1. The minimum atomic E-state index is 0.393. The lowest BCUT2D eigenvalue weighted by Gasteiger charge is -2.34. The average Bonchev–Trinajstić information content (AvgIpc) is 2.70. The van der Waals surface area contributed by atoms with Crippen molar-refractivity contribution in [3.63, 3.8) is 0 Å². The van der Waals surface area contributed by atoms with Crippen LogP contribution in [-0.2, 0) is 4.79 Å². The zero-order valence-corrected chi connectivity index (χ0v) is 14.1. The number of nitrogens with zero attached hydrogens (tertiary/aromatic N) is 1. The van der Waals surface area contributed by atoms with Crippen LogP contribution in [0.3, 0.4) is 0 Å². The molecule has 2 unspecified atom stereocenters. The van der Waals surface area contributed by atoms with Gasteiger partial charge < -0.3 is 10.2 Å². The summed E-state index contributed by atoms with van der Waals surface area (Å²) in [6, 6.07) is 0.512. The van der Waals surface area contributed by atoms with Gasteiger partial charge in [0.2, 0.25) is 5.91 Å². The smallest absolute Gasteiger partial charge is 0.222 e. The normalized spacial score (nSPS) is 26.7. The highest BCUT2D eigenvalue weighted by atomic mass is 16.2. The number of hydrogen-bond donors (Lipinski definition) is 1. The van der Waals surface area contributed by atoms with Crippen molar-refractivity contribution in [2.45, 2.75) is 77.7 Å². The minimum absolute atomic E-state index is 0.393. The predicted molar refractivity (Wildman–Crippen MR) is 88.3 cm³/mol. The van der Waals surface area contributed by atoms with Gasteiger partial charge in [0.15, 0.2) is 0 Å². The molecule has 0 aromatic heterocycles. The molecule has 21 heavy (non-hydrogen) atoms. The van der Waals surface area contributed by atoms with E-state index in [1.807, 2.05) is 0 Å². The maximum atomic E-state index is 12.4. The molecule has 122 valence electrons. The van der Waals surface area contributed by atoms with E-state index < -0.39 is 0 Å². The monoisotopic (exact) mass is 294 g/mol. The lowest BCUT2D eigenvalue weighted by molar-refractivity contribution is -0.131. The van der Waals surface area contributed by atoms with Crippen molar-refractivity contribution in [2.24, 2.45) is 11.8 Å². The first-order chi connectivity index (χ1) is 10.2. The maximum absolute atomic E-state index is 12.4. The highest BCUT2D eigenvalue weighted by Gasteiger charge is 2.28. The van der Waals surface area contributed by atoms with Gasteiger partial charge in [0.1, 0.15) is 0 Å². The van der Waals surface area contributed by atoms with Crippen molar-refractivity contribution in [3.8, 4) is 0 Å². The summed E-state index contributed by atoms with van der Waals surface area (Å²) in [7, 11) is 0. The molecule has 2 aliphatic rings. The van der Waals surface area contributed by atoms with Gasteiger partial charge in [0.25, 0.3) is 0 Å². The van der Waals surface area contributed by atoms with Crippen molar-refractivity contribution >= 4 is 5.91 Å². The van der Waals surface area contributed by atoms with Crippen LogP contribution in [0.2, 0.25) is 0 Å². The summed E-state index contributed by atoms with van der Waals surface area (Å²) in [6.45, 7) is 7.38. The van der Waals surface area contributed by atoms with Gasteiger partial charge in [-0.2, -0.15) is 0 Å². The maximum Gasteiger partial charge on any atom is 0.222 e. The molecule has 1 heterocycles. The van der Waals surface area contributed by atoms with Gasteiger partial charge in [-0.15, -0.1) is 0 Å². The third-order valence-electron chi connectivity index (χ3n) is 5.61. The second-order valence-electron chi connectivity index (χ2n) is 7.00. The summed E-state index contributed by atoms with van der Waals surface area (Å²) >= 11 is 0. The van der Waals surface area contributed by atoms with E-state index in [0.717, 1.165) is 44.3 Å². The molecule has 1 saturated carbocycles. The molecule has 1 aliphatic heterocycles. The minimum Gasteiger partial charge on any atom is -0.341 e. The summed E-state index contributed by atoms with van der Waals surface area (Å²) in [5.41, 5.74) is 0. The predicted octanol–water partition coefficient (Wildman–Crippen LogP) is 3.58. The number of carbonyl (C=O) groups excluding carboxylic acids is 1. The number of amides is 1. The van der Waals surface area contributed by atoms with Crippen molar-refractivity contribution in [2.75, 3.05) is 19.6 Å². The first kappa shape index (κ1) is 16.8. The summed E-state index contributed by atoms with van der Waals surface area (Å²) in [5.74, 6) is 1.92. The molecule has 1 N–H and O–H groups in total. The fourth-order valence-corrected chi connectivity index (χ4v) is 4.11. The van der Waals surface area contributed by atoms with Crippen LogP contribution >= 0.6 is 0 Å². The van der Waals surface area contributed by atoms with Crippen LogP contribution in [0.4, 0.5) is 0 Å². The molecule has 0 aromatic carbocycles. The van der Waals surface area contributed by atoms with E-state index in [4.69, 9.17) is 0 Å². The topological polar surface area (TPSA) is 32.3 Å². The van der Waals surface area contributed by atoms with Gasteiger partial charge in [-0.25, -0.2) is 0 Å². The van der Waals surface area contributed by atoms with Crippen LogP contribution in [0.5, 0.6) is 0 Å².